The van der Waals surface area contributed by atoms with Crippen molar-refractivity contribution in [3.05, 3.63) is 71.3 Å². The maximum atomic E-state index is 12.6. The van der Waals surface area contributed by atoms with E-state index in [1.165, 1.54) is 5.56 Å². The molecule has 0 spiro atoms. The highest BCUT2D eigenvalue weighted by Crippen LogP contribution is 2.10. The van der Waals surface area contributed by atoms with Crippen molar-refractivity contribution in [1.82, 2.24) is 15.8 Å². The van der Waals surface area contributed by atoms with Crippen LogP contribution in [0.25, 0.3) is 0 Å². The molecule has 164 valence electrons. The molecule has 1 aliphatic rings. The Balaban J connectivity index is 1.39. The standard InChI is InChI=1S/C23H29N5O3/c24-22(25)19-10-8-18(9-11-19)16-26-21(29)15-20-23(30)28(13-14-31-20)27-12-4-7-17-5-2-1-3-6-17/h1-3,5-6,8-11,20,27H,4,7,12-16H2,(H3,24,25)(H,26,29)/t20-/m0/s1. The predicted molar refractivity (Wildman–Crippen MR) is 118 cm³/mol. The van der Waals surface area contributed by atoms with Crippen molar-refractivity contribution in [2.24, 2.45) is 5.73 Å². The number of carbonyl (C=O) groups is 2. The lowest BCUT2D eigenvalue weighted by molar-refractivity contribution is -0.160. The van der Waals surface area contributed by atoms with Crippen LogP contribution < -0.4 is 16.5 Å². The summed E-state index contributed by atoms with van der Waals surface area (Å²) in [5.74, 6) is -0.464. The number of rotatable bonds is 10. The third kappa shape index (κ3) is 6.91. The molecule has 3 rings (SSSR count). The summed E-state index contributed by atoms with van der Waals surface area (Å²) >= 11 is 0. The summed E-state index contributed by atoms with van der Waals surface area (Å²) in [5.41, 5.74) is 11.4. The van der Waals surface area contributed by atoms with Gasteiger partial charge >= 0.3 is 0 Å². The molecule has 1 aliphatic heterocycles. The number of hydrogen-bond donors (Lipinski definition) is 4. The average molecular weight is 424 g/mol. The smallest absolute Gasteiger partial charge is 0.266 e. The molecule has 5 N–H and O–H groups in total. The van der Waals surface area contributed by atoms with E-state index in [1.807, 2.05) is 18.2 Å². The summed E-state index contributed by atoms with van der Waals surface area (Å²) in [7, 11) is 0. The van der Waals surface area contributed by atoms with Gasteiger partial charge in [0.15, 0.2) is 0 Å². The van der Waals surface area contributed by atoms with Crippen molar-refractivity contribution < 1.29 is 14.3 Å². The molecule has 0 saturated carbocycles. The fourth-order valence-electron chi connectivity index (χ4n) is 3.34. The number of benzene rings is 2. The van der Waals surface area contributed by atoms with Gasteiger partial charge in [-0.25, -0.2) is 5.43 Å². The molecule has 0 aromatic heterocycles. The number of amides is 2. The lowest BCUT2D eigenvalue weighted by Crippen LogP contribution is -2.55. The summed E-state index contributed by atoms with van der Waals surface area (Å²) in [6, 6.07) is 17.3. The van der Waals surface area contributed by atoms with Crippen molar-refractivity contribution in [3.63, 3.8) is 0 Å². The van der Waals surface area contributed by atoms with Crippen LogP contribution in [0.5, 0.6) is 0 Å². The van der Waals surface area contributed by atoms with Crippen molar-refractivity contribution in [3.8, 4) is 0 Å². The zero-order valence-electron chi connectivity index (χ0n) is 17.5. The number of nitrogens with two attached hydrogens (primary N) is 1. The number of morpholine rings is 1. The van der Waals surface area contributed by atoms with Crippen LogP contribution in [0.15, 0.2) is 54.6 Å². The Hall–Kier alpha value is -3.23. The van der Waals surface area contributed by atoms with Crippen molar-refractivity contribution >= 4 is 17.6 Å². The zero-order chi connectivity index (χ0) is 22.1. The van der Waals surface area contributed by atoms with Crippen LogP contribution in [-0.2, 0) is 27.3 Å². The van der Waals surface area contributed by atoms with E-state index in [4.69, 9.17) is 15.9 Å². The third-order valence-electron chi connectivity index (χ3n) is 5.09. The zero-order valence-corrected chi connectivity index (χ0v) is 17.5. The van der Waals surface area contributed by atoms with Crippen molar-refractivity contribution in [1.29, 1.82) is 5.41 Å². The van der Waals surface area contributed by atoms with E-state index in [-0.39, 0.29) is 24.1 Å². The topological polar surface area (TPSA) is 121 Å². The Morgan fingerprint density at radius 2 is 1.87 bits per heavy atom. The van der Waals surface area contributed by atoms with Crippen LogP contribution in [0.2, 0.25) is 0 Å². The normalized spacial score (nSPS) is 16.2. The maximum absolute atomic E-state index is 12.6. The lowest BCUT2D eigenvalue weighted by Gasteiger charge is -2.32. The fourth-order valence-corrected chi connectivity index (χ4v) is 3.34. The van der Waals surface area contributed by atoms with Gasteiger partial charge in [-0.1, -0.05) is 54.6 Å². The molecule has 8 heteroatoms. The van der Waals surface area contributed by atoms with Gasteiger partial charge in [0, 0.05) is 18.7 Å². The Bertz CT molecular complexity index is 886. The number of carbonyl (C=O) groups excluding carboxylic acids is 2. The molecule has 0 bridgehead atoms. The first kappa shape index (κ1) is 22.5. The molecule has 0 unspecified atom stereocenters. The Kier molecular flexibility index (Phi) is 8.14. The van der Waals surface area contributed by atoms with Gasteiger partial charge < -0.3 is 15.8 Å². The van der Waals surface area contributed by atoms with Crippen LogP contribution in [0.3, 0.4) is 0 Å². The first-order valence-electron chi connectivity index (χ1n) is 10.4. The molecule has 2 aromatic rings. The summed E-state index contributed by atoms with van der Waals surface area (Å²) in [5, 5.41) is 11.8. The minimum atomic E-state index is -0.782. The van der Waals surface area contributed by atoms with Crippen LogP contribution in [-0.4, -0.2) is 48.5 Å². The van der Waals surface area contributed by atoms with E-state index < -0.39 is 6.10 Å². The van der Waals surface area contributed by atoms with E-state index in [9.17, 15) is 9.59 Å². The van der Waals surface area contributed by atoms with Gasteiger partial charge in [-0.3, -0.25) is 20.0 Å². The molecular weight excluding hydrogens is 394 g/mol. The van der Waals surface area contributed by atoms with Crippen LogP contribution in [0.1, 0.15) is 29.5 Å². The van der Waals surface area contributed by atoms with Crippen LogP contribution >= 0.6 is 0 Å². The van der Waals surface area contributed by atoms with Gasteiger partial charge in [0.2, 0.25) is 5.91 Å². The number of hydrazine groups is 1. The fraction of sp³-hybridized carbons (Fsp3) is 0.348. The summed E-state index contributed by atoms with van der Waals surface area (Å²) in [6.45, 7) is 1.86. The van der Waals surface area contributed by atoms with E-state index in [1.54, 1.807) is 29.3 Å². The van der Waals surface area contributed by atoms with E-state index in [2.05, 4.69) is 22.9 Å². The molecule has 0 aliphatic carbocycles. The minimum absolute atomic E-state index is 0.00164. The second kappa shape index (κ2) is 11.2. The van der Waals surface area contributed by atoms with Gasteiger partial charge in [-0.2, -0.15) is 0 Å². The van der Waals surface area contributed by atoms with Gasteiger partial charge in [0.25, 0.3) is 5.91 Å². The number of nitrogen functional groups attached to an aromatic ring is 1. The highest BCUT2D eigenvalue weighted by Gasteiger charge is 2.31. The maximum Gasteiger partial charge on any atom is 0.266 e. The average Bonchev–Trinajstić information content (AvgIpc) is 2.78. The highest BCUT2D eigenvalue weighted by molar-refractivity contribution is 5.94. The molecule has 2 amide bonds. The largest absolute Gasteiger partial charge is 0.384 e. The molecule has 1 atom stereocenters. The van der Waals surface area contributed by atoms with Crippen LogP contribution in [0, 0.1) is 5.41 Å². The van der Waals surface area contributed by atoms with Gasteiger partial charge in [0.1, 0.15) is 11.9 Å². The molecule has 8 nitrogen and oxygen atoms in total. The van der Waals surface area contributed by atoms with Gasteiger partial charge in [-0.05, 0) is 24.0 Å². The van der Waals surface area contributed by atoms with Gasteiger partial charge in [0.05, 0.1) is 19.6 Å². The first-order valence-corrected chi connectivity index (χ1v) is 10.4. The quantitative estimate of drug-likeness (QED) is 0.261. The highest BCUT2D eigenvalue weighted by atomic mass is 16.5. The minimum Gasteiger partial charge on any atom is -0.384 e. The monoisotopic (exact) mass is 423 g/mol. The number of amidine groups is 1. The van der Waals surface area contributed by atoms with E-state index in [0.29, 0.717) is 31.8 Å². The number of ether oxygens (including phenoxy) is 1. The SMILES string of the molecule is N=C(N)c1ccc(CNC(=O)C[C@@H]2OCCN(NCCCc3ccccc3)C2=O)cc1. The number of nitrogens with one attached hydrogen (secondary N) is 3. The number of nitrogens with zero attached hydrogens (tertiary/aromatic N) is 1. The van der Waals surface area contributed by atoms with Crippen molar-refractivity contribution in [2.75, 3.05) is 19.7 Å². The Morgan fingerprint density at radius 1 is 1.13 bits per heavy atom. The summed E-state index contributed by atoms with van der Waals surface area (Å²) in [6.07, 6.45) is 1.04. The molecule has 1 heterocycles. The second-order valence-corrected chi connectivity index (χ2v) is 7.44. The molecular formula is C23H29N5O3. The molecule has 0 radical (unpaired) electrons. The second-order valence-electron chi connectivity index (χ2n) is 7.44. The lowest BCUT2D eigenvalue weighted by atomic mass is 10.1. The predicted octanol–water partition coefficient (Wildman–Crippen LogP) is 1.34. The molecule has 1 saturated heterocycles. The number of hydrogen-bond acceptors (Lipinski definition) is 5. The van der Waals surface area contributed by atoms with Crippen LogP contribution in [0.4, 0.5) is 0 Å². The Morgan fingerprint density at radius 3 is 2.58 bits per heavy atom. The molecule has 31 heavy (non-hydrogen) atoms. The van der Waals surface area contributed by atoms with E-state index >= 15 is 0 Å². The molecule has 2 aromatic carbocycles. The summed E-state index contributed by atoms with van der Waals surface area (Å²) in [4.78, 5) is 24.9. The Labute approximate surface area is 182 Å². The third-order valence-corrected chi connectivity index (χ3v) is 5.09. The van der Waals surface area contributed by atoms with Gasteiger partial charge in [-0.15, -0.1) is 0 Å². The van der Waals surface area contributed by atoms with Crippen molar-refractivity contribution in [2.45, 2.75) is 31.9 Å². The number of aryl methyl sites for hydroxylation is 1. The van der Waals surface area contributed by atoms with E-state index in [0.717, 1.165) is 18.4 Å². The molecule has 1 fully saturated rings. The first-order chi connectivity index (χ1) is 15.0. The summed E-state index contributed by atoms with van der Waals surface area (Å²) < 4.78 is 5.53.